The summed E-state index contributed by atoms with van der Waals surface area (Å²) in [4.78, 5) is 12.0. The van der Waals surface area contributed by atoms with Gasteiger partial charge in [-0.2, -0.15) is 0 Å². The maximum atomic E-state index is 12.0. The predicted octanol–water partition coefficient (Wildman–Crippen LogP) is 2.17. The molecule has 0 aliphatic rings. The van der Waals surface area contributed by atoms with Crippen molar-refractivity contribution in [3.63, 3.8) is 0 Å². The fraction of sp³-hybridized carbons (Fsp3) is 0.167. The third-order valence-electron chi connectivity index (χ3n) is 2.52. The molecular formula is C12H12IN5OS2. The number of benzene rings is 1. The van der Waals surface area contributed by atoms with E-state index in [1.54, 1.807) is 23.7 Å². The fourth-order valence-electron chi connectivity index (χ4n) is 1.51. The molecule has 110 valence electrons. The second-order valence-corrected chi connectivity index (χ2v) is 6.40. The van der Waals surface area contributed by atoms with Gasteiger partial charge in [0.2, 0.25) is 5.16 Å². The number of hydrogen-bond donors (Lipinski definition) is 2. The van der Waals surface area contributed by atoms with Gasteiger partial charge in [0.25, 0.3) is 5.91 Å². The number of nitrogens with one attached hydrogen (secondary N) is 2. The first-order valence-electron chi connectivity index (χ1n) is 5.85. The molecule has 2 rings (SSSR count). The number of halogens is 1. The molecule has 0 fully saturated rings. The monoisotopic (exact) mass is 433 g/mol. The Morgan fingerprint density at radius 2 is 2.00 bits per heavy atom. The Labute approximate surface area is 145 Å². The van der Waals surface area contributed by atoms with Crippen molar-refractivity contribution in [1.82, 2.24) is 20.2 Å². The predicted molar refractivity (Wildman–Crippen MR) is 95.1 cm³/mol. The van der Waals surface area contributed by atoms with E-state index < -0.39 is 0 Å². The van der Waals surface area contributed by atoms with E-state index in [2.05, 4.69) is 43.5 Å². The van der Waals surface area contributed by atoms with Crippen LogP contribution in [0.1, 0.15) is 16.2 Å². The zero-order valence-electron chi connectivity index (χ0n) is 11.3. The molecule has 1 amide bonds. The van der Waals surface area contributed by atoms with Crippen molar-refractivity contribution >= 4 is 57.6 Å². The Hall–Kier alpha value is -1.20. The molecule has 0 aliphatic heterocycles. The molecule has 0 saturated carbocycles. The molecule has 0 unspecified atom stereocenters. The molecular weight excluding hydrogens is 421 g/mol. The molecule has 0 spiro atoms. The van der Waals surface area contributed by atoms with Gasteiger partial charge in [-0.3, -0.25) is 15.5 Å². The van der Waals surface area contributed by atoms with Crippen LogP contribution in [0.25, 0.3) is 0 Å². The van der Waals surface area contributed by atoms with Crippen LogP contribution in [0.15, 0.2) is 29.4 Å². The minimum absolute atomic E-state index is 0.191. The van der Waals surface area contributed by atoms with Gasteiger partial charge in [0.1, 0.15) is 5.82 Å². The summed E-state index contributed by atoms with van der Waals surface area (Å²) in [5.74, 6) is 0.394. The van der Waals surface area contributed by atoms with Crippen LogP contribution in [0.3, 0.4) is 0 Å². The quantitative estimate of drug-likeness (QED) is 0.439. The summed E-state index contributed by atoms with van der Waals surface area (Å²) in [6.07, 6.45) is 1.88. The molecule has 21 heavy (non-hydrogen) atoms. The highest BCUT2D eigenvalue weighted by atomic mass is 127. The number of nitrogens with zero attached hydrogens (tertiary/aromatic N) is 3. The van der Waals surface area contributed by atoms with E-state index in [1.165, 1.54) is 11.8 Å². The number of amides is 1. The lowest BCUT2D eigenvalue weighted by Crippen LogP contribution is -2.38. The van der Waals surface area contributed by atoms with E-state index in [0.717, 1.165) is 3.57 Å². The SMILES string of the molecule is CSc1nnc(C)n1NC(=S)NC(=O)c1ccc(I)cc1. The first kappa shape index (κ1) is 16.2. The van der Waals surface area contributed by atoms with Crippen molar-refractivity contribution < 1.29 is 4.79 Å². The first-order valence-corrected chi connectivity index (χ1v) is 8.56. The average Bonchev–Trinajstić information content (AvgIpc) is 2.80. The second kappa shape index (κ2) is 7.18. The third kappa shape index (κ3) is 4.14. The van der Waals surface area contributed by atoms with E-state index >= 15 is 0 Å². The number of carbonyl (C=O) groups excluding carboxylic acids is 1. The molecule has 1 heterocycles. The summed E-state index contributed by atoms with van der Waals surface area (Å²) < 4.78 is 2.69. The molecule has 0 radical (unpaired) electrons. The lowest BCUT2D eigenvalue weighted by Gasteiger charge is -2.12. The number of thioether (sulfide) groups is 1. The van der Waals surface area contributed by atoms with Crippen LogP contribution in [0.2, 0.25) is 0 Å². The molecule has 0 atom stereocenters. The molecule has 1 aromatic heterocycles. The van der Waals surface area contributed by atoms with Crippen molar-refractivity contribution in [2.75, 3.05) is 11.7 Å². The van der Waals surface area contributed by atoms with Gasteiger partial charge in [-0.1, -0.05) is 11.8 Å². The Balaban J connectivity index is 2.03. The molecule has 9 heteroatoms. The van der Waals surface area contributed by atoms with Crippen LogP contribution >= 0.6 is 46.6 Å². The van der Waals surface area contributed by atoms with Crippen LogP contribution in [-0.4, -0.2) is 32.1 Å². The molecule has 2 N–H and O–H groups in total. The highest BCUT2D eigenvalue weighted by Gasteiger charge is 2.11. The third-order valence-corrected chi connectivity index (χ3v) is 4.07. The summed E-state index contributed by atoms with van der Waals surface area (Å²) in [7, 11) is 0. The summed E-state index contributed by atoms with van der Waals surface area (Å²) in [5.41, 5.74) is 3.44. The normalized spacial score (nSPS) is 10.2. The standard InChI is InChI=1S/C12H12IN5OS2/c1-7-15-16-12(21-2)18(7)17-11(20)14-10(19)8-3-5-9(13)6-4-8/h3-6H,1-2H3,(H2,14,17,19,20). The number of carbonyl (C=O) groups is 1. The van der Waals surface area contributed by atoms with E-state index in [9.17, 15) is 4.79 Å². The van der Waals surface area contributed by atoms with Crippen LogP contribution in [-0.2, 0) is 0 Å². The lowest BCUT2D eigenvalue weighted by molar-refractivity contribution is 0.0977. The van der Waals surface area contributed by atoms with Gasteiger partial charge in [0.15, 0.2) is 5.11 Å². The molecule has 0 saturated heterocycles. The summed E-state index contributed by atoms with van der Waals surface area (Å²) >= 11 is 8.75. The van der Waals surface area contributed by atoms with E-state index in [4.69, 9.17) is 12.2 Å². The summed E-state index contributed by atoms with van der Waals surface area (Å²) in [5, 5.41) is 11.4. The topological polar surface area (TPSA) is 71.8 Å². The van der Waals surface area contributed by atoms with Crippen molar-refractivity contribution in [2.24, 2.45) is 0 Å². The first-order chi connectivity index (χ1) is 10.0. The summed E-state index contributed by atoms with van der Waals surface area (Å²) in [6, 6.07) is 7.22. The van der Waals surface area contributed by atoms with Crippen molar-refractivity contribution in [3.05, 3.63) is 39.2 Å². The lowest BCUT2D eigenvalue weighted by atomic mass is 10.2. The van der Waals surface area contributed by atoms with E-state index in [0.29, 0.717) is 16.5 Å². The number of aromatic nitrogens is 3. The zero-order chi connectivity index (χ0) is 15.4. The number of thiocarbonyl (C=S) groups is 1. The Kier molecular flexibility index (Phi) is 5.53. The molecule has 6 nitrogen and oxygen atoms in total. The highest BCUT2D eigenvalue weighted by Crippen LogP contribution is 2.11. The minimum atomic E-state index is -0.264. The van der Waals surface area contributed by atoms with Gasteiger partial charge in [-0.25, -0.2) is 4.68 Å². The maximum Gasteiger partial charge on any atom is 0.257 e. The number of hydrogen-bond acceptors (Lipinski definition) is 5. The van der Waals surface area contributed by atoms with Gasteiger partial charge in [-0.05, 0) is 72.3 Å². The maximum absolute atomic E-state index is 12.0. The van der Waals surface area contributed by atoms with Crippen LogP contribution in [0, 0.1) is 10.5 Å². The van der Waals surface area contributed by atoms with Crippen molar-refractivity contribution in [2.45, 2.75) is 12.1 Å². The van der Waals surface area contributed by atoms with Crippen molar-refractivity contribution in [1.29, 1.82) is 0 Å². The van der Waals surface area contributed by atoms with Gasteiger partial charge in [-0.15, -0.1) is 10.2 Å². The van der Waals surface area contributed by atoms with Crippen LogP contribution < -0.4 is 10.7 Å². The Morgan fingerprint density at radius 1 is 1.33 bits per heavy atom. The largest absolute Gasteiger partial charge is 0.298 e. The highest BCUT2D eigenvalue weighted by molar-refractivity contribution is 14.1. The van der Waals surface area contributed by atoms with E-state index in [-0.39, 0.29) is 11.0 Å². The molecule has 2 aromatic rings. The minimum Gasteiger partial charge on any atom is -0.298 e. The van der Waals surface area contributed by atoms with Gasteiger partial charge in [0, 0.05) is 9.13 Å². The van der Waals surface area contributed by atoms with Gasteiger partial charge < -0.3 is 0 Å². The van der Waals surface area contributed by atoms with Crippen LogP contribution in [0.4, 0.5) is 0 Å². The second-order valence-electron chi connectivity index (χ2n) is 3.97. The van der Waals surface area contributed by atoms with Crippen LogP contribution in [0.5, 0.6) is 0 Å². The summed E-state index contributed by atoms with van der Waals surface area (Å²) in [6.45, 7) is 1.79. The van der Waals surface area contributed by atoms with E-state index in [1.807, 2.05) is 18.4 Å². The molecule has 0 aliphatic carbocycles. The average molecular weight is 433 g/mol. The van der Waals surface area contributed by atoms with Gasteiger partial charge in [0.05, 0.1) is 0 Å². The molecule has 1 aromatic carbocycles. The fourth-order valence-corrected chi connectivity index (χ4v) is 2.54. The van der Waals surface area contributed by atoms with Crippen molar-refractivity contribution in [3.8, 4) is 0 Å². The number of rotatable bonds is 3. The van der Waals surface area contributed by atoms with Gasteiger partial charge >= 0.3 is 0 Å². The molecule has 0 bridgehead atoms. The zero-order valence-corrected chi connectivity index (χ0v) is 15.0. The number of aryl methyl sites for hydroxylation is 1. The Morgan fingerprint density at radius 3 is 2.62 bits per heavy atom. The smallest absolute Gasteiger partial charge is 0.257 e. The Bertz CT molecular complexity index is 671.